The quantitative estimate of drug-likeness (QED) is 0.926. The Bertz CT molecular complexity index is 631. The van der Waals surface area contributed by atoms with Gasteiger partial charge in [-0.25, -0.2) is 0 Å². The zero-order valence-corrected chi connectivity index (χ0v) is 11.8. The van der Waals surface area contributed by atoms with Gasteiger partial charge in [0.15, 0.2) is 0 Å². The van der Waals surface area contributed by atoms with Crippen LogP contribution in [0.15, 0.2) is 30.6 Å². The Labute approximate surface area is 119 Å². The summed E-state index contributed by atoms with van der Waals surface area (Å²) in [7, 11) is 2.17. The molecule has 1 saturated heterocycles. The second-order valence-corrected chi connectivity index (χ2v) is 5.53. The molecule has 3 heterocycles. The average Bonchev–Trinajstić information content (AvgIpc) is 2.85. The Hall–Kier alpha value is -1.83. The van der Waals surface area contributed by atoms with Gasteiger partial charge in [-0.1, -0.05) is 6.07 Å². The van der Waals surface area contributed by atoms with E-state index in [0.717, 1.165) is 36.3 Å². The van der Waals surface area contributed by atoms with Crippen molar-refractivity contribution in [2.24, 2.45) is 0 Å². The van der Waals surface area contributed by atoms with Crippen molar-refractivity contribution >= 4 is 5.52 Å². The van der Waals surface area contributed by atoms with Crippen molar-refractivity contribution < 1.29 is 0 Å². The first kappa shape index (κ1) is 13.2. The van der Waals surface area contributed by atoms with Crippen LogP contribution in [0.2, 0.25) is 0 Å². The van der Waals surface area contributed by atoms with Crippen molar-refractivity contribution in [1.82, 2.24) is 14.6 Å². The number of fused-ring (bicyclic) bond motifs is 1. The van der Waals surface area contributed by atoms with E-state index < -0.39 is 0 Å². The van der Waals surface area contributed by atoms with E-state index in [1.54, 1.807) is 0 Å². The molecule has 0 bridgehead atoms. The van der Waals surface area contributed by atoms with Crippen molar-refractivity contribution in [3.63, 3.8) is 0 Å². The van der Waals surface area contributed by atoms with Crippen LogP contribution in [0.3, 0.4) is 0 Å². The smallest absolute Gasteiger partial charge is 0.102 e. The van der Waals surface area contributed by atoms with Crippen LogP contribution >= 0.6 is 0 Å². The summed E-state index contributed by atoms with van der Waals surface area (Å²) in [5.74, 6) is 0. The Morgan fingerprint density at radius 1 is 1.40 bits per heavy atom. The Kier molecular flexibility index (Phi) is 3.72. The fourth-order valence-electron chi connectivity index (χ4n) is 3.07. The topological polar surface area (TPSA) is 43.5 Å². The summed E-state index contributed by atoms with van der Waals surface area (Å²) in [6.07, 6.45) is 6.47. The first-order valence-electron chi connectivity index (χ1n) is 7.19. The fourth-order valence-corrected chi connectivity index (χ4v) is 3.07. The van der Waals surface area contributed by atoms with Gasteiger partial charge in [0.2, 0.25) is 0 Å². The molecule has 0 unspecified atom stereocenters. The van der Waals surface area contributed by atoms with E-state index >= 15 is 0 Å². The van der Waals surface area contributed by atoms with Gasteiger partial charge >= 0.3 is 0 Å². The molecule has 1 aliphatic heterocycles. The van der Waals surface area contributed by atoms with E-state index in [1.165, 1.54) is 12.8 Å². The maximum Gasteiger partial charge on any atom is 0.102 e. The van der Waals surface area contributed by atoms with Crippen LogP contribution in [0, 0.1) is 11.3 Å². The lowest BCUT2D eigenvalue weighted by molar-refractivity contribution is 0.192. The minimum atomic E-state index is 0.616. The van der Waals surface area contributed by atoms with E-state index in [4.69, 9.17) is 0 Å². The van der Waals surface area contributed by atoms with Crippen molar-refractivity contribution in [3.05, 3.63) is 41.7 Å². The predicted octanol–water partition coefficient (Wildman–Crippen LogP) is 1.99. The van der Waals surface area contributed by atoms with Gasteiger partial charge in [-0.15, -0.1) is 0 Å². The van der Waals surface area contributed by atoms with Gasteiger partial charge in [0.25, 0.3) is 0 Å². The number of hydrogen-bond acceptors (Lipinski definition) is 3. The SMILES string of the molecule is CN(Cc1cn2ccccc2c1C#N)C1CCNCC1. The van der Waals surface area contributed by atoms with Gasteiger partial charge in [-0.3, -0.25) is 4.90 Å². The van der Waals surface area contributed by atoms with Gasteiger partial charge < -0.3 is 9.72 Å². The molecule has 1 aliphatic rings. The minimum absolute atomic E-state index is 0.616. The summed E-state index contributed by atoms with van der Waals surface area (Å²) < 4.78 is 2.05. The highest BCUT2D eigenvalue weighted by molar-refractivity contribution is 5.65. The average molecular weight is 268 g/mol. The molecule has 0 radical (unpaired) electrons. The molecule has 0 atom stereocenters. The maximum atomic E-state index is 9.44. The number of aromatic nitrogens is 1. The molecular formula is C16H20N4. The second kappa shape index (κ2) is 5.66. The van der Waals surface area contributed by atoms with Crippen LogP contribution in [0.5, 0.6) is 0 Å². The lowest BCUT2D eigenvalue weighted by Gasteiger charge is -2.31. The number of pyridine rings is 1. The van der Waals surface area contributed by atoms with Gasteiger partial charge in [0.1, 0.15) is 6.07 Å². The number of piperidine rings is 1. The molecule has 0 aliphatic carbocycles. The molecule has 0 aromatic carbocycles. The normalized spacial score (nSPS) is 16.6. The highest BCUT2D eigenvalue weighted by atomic mass is 15.1. The molecule has 0 amide bonds. The van der Waals surface area contributed by atoms with E-state index in [0.29, 0.717) is 6.04 Å². The van der Waals surface area contributed by atoms with Gasteiger partial charge in [-0.2, -0.15) is 5.26 Å². The summed E-state index contributed by atoms with van der Waals surface area (Å²) in [4.78, 5) is 2.39. The molecule has 1 fully saturated rings. The number of nitriles is 1. The van der Waals surface area contributed by atoms with Crippen molar-refractivity contribution in [1.29, 1.82) is 5.26 Å². The van der Waals surface area contributed by atoms with Crippen LogP contribution in [-0.4, -0.2) is 35.5 Å². The van der Waals surface area contributed by atoms with Gasteiger partial charge in [0.05, 0.1) is 11.1 Å². The summed E-state index contributed by atoms with van der Waals surface area (Å²) in [5.41, 5.74) is 2.94. The monoisotopic (exact) mass is 268 g/mol. The van der Waals surface area contributed by atoms with Crippen molar-refractivity contribution in [2.45, 2.75) is 25.4 Å². The number of nitrogens with one attached hydrogen (secondary N) is 1. The Morgan fingerprint density at radius 2 is 2.20 bits per heavy atom. The predicted molar refractivity (Wildman–Crippen MR) is 79.5 cm³/mol. The summed E-state index contributed by atoms with van der Waals surface area (Å²) in [6, 6.07) is 8.97. The molecule has 3 rings (SSSR count). The largest absolute Gasteiger partial charge is 0.322 e. The number of hydrogen-bond donors (Lipinski definition) is 1. The lowest BCUT2D eigenvalue weighted by Crippen LogP contribution is -2.40. The van der Waals surface area contributed by atoms with Gasteiger partial charge in [-0.05, 0) is 45.1 Å². The van der Waals surface area contributed by atoms with Crippen LogP contribution in [-0.2, 0) is 6.54 Å². The molecule has 2 aromatic heterocycles. The molecule has 4 heteroatoms. The molecule has 1 N–H and O–H groups in total. The van der Waals surface area contributed by atoms with E-state index in [2.05, 4.69) is 29.5 Å². The molecule has 20 heavy (non-hydrogen) atoms. The van der Waals surface area contributed by atoms with Crippen molar-refractivity contribution in [3.8, 4) is 6.07 Å². The minimum Gasteiger partial charge on any atom is -0.322 e. The molecule has 0 saturated carbocycles. The highest BCUT2D eigenvalue weighted by Crippen LogP contribution is 2.21. The van der Waals surface area contributed by atoms with Crippen LogP contribution in [0.1, 0.15) is 24.0 Å². The molecule has 2 aromatic rings. The molecular weight excluding hydrogens is 248 g/mol. The van der Waals surface area contributed by atoms with Crippen LogP contribution in [0.4, 0.5) is 0 Å². The third-order valence-corrected chi connectivity index (χ3v) is 4.23. The highest BCUT2D eigenvalue weighted by Gasteiger charge is 2.19. The van der Waals surface area contributed by atoms with Crippen LogP contribution < -0.4 is 5.32 Å². The molecule has 4 nitrogen and oxygen atoms in total. The van der Waals surface area contributed by atoms with E-state index in [9.17, 15) is 5.26 Å². The third kappa shape index (κ3) is 2.43. The zero-order chi connectivity index (χ0) is 13.9. The van der Waals surface area contributed by atoms with Crippen LogP contribution in [0.25, 0.3) is 5.52 Å². The standard InChI is InChI=1S/C16H20N4/c1-19(14-5-7-18-8-6-14)11-13-12-20-9-3-2-4-16(20)15(13)10-17/h2-4,9,12,14,18H,5-8,11H2,1H3. The Balaban J connectivity index is 1.85. The number of nitrogens with zero attached hydrogens (tertiary/aromatic N) is 3. The second-order valence-electron chi connectivity index (χ2n) is 5.53. The van der Waals surface area contributed by atoms with Gasteiger partial charge in [0, 0.05) is 30.5 Å². The first-order valence-corrected chi connectivity index (χ1v) is 7.19. The molecule has 0 spiro atoms. The third-order valence-electron chi connectivity index (χ3n) is 4.23. The van der Waals surface area contributed by atoms with Crippen molar-refractivity contribution in [2.75, 3.05) is 20.1 Å². The summed E-state index contributed by atoms with van der Waals surface area (Å²) >= 11 is 0. The maximum absolute atomic E-state index is 9.44. The first-order chi connectivity index (χ1) is 9.79. The Morgan fingerprint density at radius 3 is 2.95 bits per heavy atom. The summed E-state index contributed by atoms with van der Waals surface area (Å²) in [5, 5.41) is 12.8. The van der Waals surface area contributed by atoms with E-state index in [1.807, 2.05) is 28.8 Å². The zero-order valence-electron chi connectivity index (χ0n) is 11.8. The lowest BCUT2D eigenvalue weighted by atomic mass is 10.0. The summed E-state index contributed by atoms with van der Waals surface area (Å²) in [6.45, 7) is 3.03. The number of rotatable bonds is 3. The van der Waals surface area contributed by atoms with E-state index in [-0.39, 0.29) is 0 Å². The molecule has 104 valence electrons. The fraction of sp³-hybridized carbons (Fsp3) is 0.438.